The zero-order valence-corrected chi connectivity index (χ0v) is 20.4. The molecule has 1 aliphatic rings. The van der Waals surface area contributed by atoms with E-state index >= 15 is 0 Å². The van der Waals surface area contributed by atoms with Crippen molar-refractivity contribution in [2.75, 3.05) is 31.1 Å². The third-order valence-corrected chi connectivity index (χ3v) is 7.95. The molecule has 5 rings (SSSR count). The van der Waals surface area contributed by atoms with Crippen LogP contribution in [0, 0.1) is 13.8 Å². The SMILES string of the molecule is Cc1ccc(Cl)cc1N1CCN(C(=O)[C@@H](C)n2nc(C)c3sc4ccccc4c3c2=O)CC1. The highest BCUT2D eigenvalue weighted by atomic mass is 35.5. The highest BCUT2D eigenvalue weighted by molar-refractivity contribution is 7.26. The second-order valence-corrected chi connectivity index (χ2v) is 10.0. The lowest BCUT2D eigenvalue weighted by atomic mass is 10.1. The van der Waals surface area contributed by atoms with Gasteiger partial charge in [-0.15, -0.1) is 11.3 Å². The van der Waals surface area contributed by atoms with Gasteiger partial charge in [-0.1, -0.05) is 35.9 Å². The molecule has 0 unspecified atom stereocenters. The van der Waals surface area contributed by atoms with E-state index < -0.39 is 6.04 Å². The minimum absolute atomic E-state index is 0.0784. The number of thiophene rings is 1. The summed E-state index contributed by atoms with van der Waals surface area (Å²) in [6.07, 6.45) is 0. The average molecular weight is 481 g/mol. The van der Waals surface area contributed by atoms with Crippen molar-refractivity contribution < 1.29 is 4.79 Å². The molecule has 0 saturated carbocycles. The van der Waals surface area contributed by atoms with Crippen LogP contribution in [-0.4, -0.2) is 46.8 Å². The number of halogens is 1. The maximum Gasteiger partial charge on any atom is 0.276 e. The monoisotopic (exact) mass is 480 g/mol. The highest BCUT2D eigenvalue weighted by Gasteiger charge is 2.29. The first kappa shape index (κ1) is 21.9. The number of carbonyl (C=O) groups excluding carboxylic acids is 1. The van der Waals surface area contributed by atoms with Crippen LogP contribution in [0.1, 0.15) is 24.2 Å². The summed E-state index contributed by atoms with van der Waals surface area (Å²) >= 11 is 7.77. The Morgan fingerprint density at radius 3 is 2.58 bits per heavy atom. The van der Waals surface area contributed by atoms with E-state index in [-0.39, 0.29) is 11.5 Å². The molecule has 0 spiro atoms. The predicted octanol–water partition coefficient (Wildman–Crippen LogP) is 4.79. The normalized spacial score (nSPS) is 15.4. The number of carbonyl (C=O) groups is 1. The molecule has 2 aromatic carbocycles. The van der Waals surface area contributed by atoms with Crippen LogP contribution in [0.4, 0.5) is 5.69 Å². The van der Waals surface area contributed by atoms with Gasteiger partial charge in [0.25, 0.3) is 5.56 Å². The van der Waals surface area contributed by atoms with Gasteiger partial charge in [0.05, 0.1) is 15.8 Å². The molecule has 3 heterocycles. The summed E-state index contributed by atoms with van der Waals surface area (Å²) in [4.78, 5) is 30.9. The largest absolute Gasteiger partial charge is 0.368 e. The fourth-order valence-corrected chi connectivity index (χ4v) is 5.90. The van der Waals surface area contributed by atoms with Crippen molar-refractivity contribution in [3.63, 3.8) is 0 Å². The van der Waals surface area contributed by atoms with Crippen LogP contribution in [0.15, 0.2) is 47.3 Å². The molecule has 1 fully saturated rings. The van der Waals surface area contributed by atoms with Crippen LogP contribution in [0.25, 0.3) is 20.2 Å². The predicted molar refractivity (Wildman–Crippen MR) is 136 cm³/mol. The van der Waals surface area contributed by atoms with E-state index in [4.69, 9.17) is 11.6 Å². The molecule has 1 atom stereocenters. The smallest absolute Gasteiger partial charge is 0.276 e. The Kier molecular flexibility index (Phi) is 5.62. The summed E-state index contributed by atoms with van der Waals surface area (Å²) in [5.41, 5.74) is 2.83. The van der Waals surface area contributed by atoms with Crippen LogP contribution < -0.4 is 10.5 Å². The van der Waals surface area contributed by atoms with Crippen LogP contribution in [0.2, 0.25) is 5.02 Å². The molecular weight excluding hydrogens is 456 g/mol. The molecule has 33 heavy (non-hydrogen) atoms. The van der Waals surface area contributed by atoms with Crippen molar-refractivity contribution >= 4 is 54.7 Å². The lowest BCUT2D eigenvalue weighted by molar-refractivity contribution is -0.135. The first-order valence-corrected chi connectivity index (χ1v) is 12.2. The molecule has 1 saturated heterocycles. The zero-order chi connectivity index (χ0) is 23.3. The van der Waals surface area contributed by atoms with Crippen LogP contribution in [0.5, 0.6) is 0 Å². The number of fused-ring (bicyclic) bond motifs is 3. The molecule has 1 aliphatic heterocycles. The maximum absolute atomic E-state index is 13.4. The Hall–Kier alpha value is -2.90. The Morgan fingerprint density at radius 2 is 1.82 bits per heavy atom. The van der Waals surface area contributed by atoms with E-state index in [0.717, 1.165) is 44.8 Å². The van der Waals surface area contributed by atoms with Gasteiger partial charge < -0.3 is 9.80 Å². The molecule has 8 heteroatoms. The molecule has 4 aromatic rings. The highest BCUT2D eigenvalue weighted by Crippen LogP contribution is 2.33. The molecular formula is C25H25ClN4O2S. The number of benzene rings is 2. The Bertz CT molecular complexity index is 1440. The maximum atomic E-state index is 13.4. The average Bonchev–Trinajstić information content (AvgIpc) is 3.23. The van der Waals surface area contributed by atoms with Gasteiger partial charge in [-0.05, 0) is 44.5 Å². The van der Waals surface area contributed by atoms with Crippen molar-refractivity contribution in [1.29, 1.82) is 0 Å². The van der Waals surface area contributed by atoms with Crippen LogP contribution in [-0.2, 0) is 4.79 Å². The van der Waals surface area contributed by atoms with Gasteiger partial charge in [0, 0.05) is 47.0 Å². The van der Waals surface area contributed by atoms with Gasteiger partial charge in [-0.25, -0.2) is 4.68 Å². The number of hydrogen-bond donors (Lipinski definition) is 0. The summed E-state index contributed by atoms with van der Waals surface area (Å²) in [6, 6.07) is 13.1. The van der Waals surface area contributed by atoms with Gasteiger partial charge in [0.2, 0.25) is 5.91 Å². The van der Waals surface area contributed by atoms with E-state index in [1.54, 1.807) is 18.3 Å². The van der Waals surface area contributed by atoms with E-state index in [0.29, 0.717) is 23.5 Å². The van der Waals surface area contributed by atoms with Crippen LogP contribution in [0.3, 0.4) is 0 Å². The molecule has 0 radical (unpaired) electrons. The second kappa shape index (κ2) is 8.47. The minimum Gasteiger partial charge on any atom is -0.368 e. The third-order valence-electron chi connectivity index (χ3n) is 6.43. The first-order chi connectivity index (χ1) is 15.8. The van der Waals surface area contributed by atoms with E-state index in [2.05, 4.69) is 16.9 Å². The number of nitrogens with zero attached hydrogens (tertiary/aromatic N) is 4. The molecule has 2 aromatic heterocycles. The fourth-order valence-electron chi connectivity index (χ4n) is 4.60. The Labute approximate surface area is 201 Å². The molecule has 1 amide bonds. The second-order valence-electron chi connectivity index (χ2n) is 8.56. The molecule has 170 valence electrons. The van der Waals surface area contributed by atoms with Gasteiger partial charge >= 0.3 is 0 Å². The van der Waals surface area contributed by atoms with E-state index in [1.807, 2.05) is 54.3 Å². The van der Waals surface area contributed by atoms with Gasteiger partial charge in [0.15, 0.2) is 0 Å². The van der Waals surface area contributed by atoms with Crippen molar-refractivity contribution in [1.82, 2.24) is 14.7 Å². The summed E-state index contributed by atoms with van der Waals surface area (Å²) in [5, 5.41) is 6.83. The van der Waals surface area contributed by atoms with Crippen molar-refractivity contribution in [3.8, 4) is 0 Å². The summed E-state index contributed by atoms with van der Waals surface area (Å²) in [6.45, 7) is 8.35. The molecule has 0 bridgehead atoms. The van der Waals surface area contributed by atoms with Gasteiger partial charge in [-0.3, -0.25) is 9.59 Å². The third kappa shape index (κ3) is 3.79. The lowest BCUT2D eigenvalue weighted by Crippen LogP contribution is -2.51. The number of hydrogen-bond acceptors (Lipinski definition) is 5. The standard InChI is InChI=1S/C25H25ClN4O2S/c1-15-8-9-18(26)14-20(15)28-10-12-29(13-11-28)24(31)17(3)30-25(32)22-19-6-4-5-7-21(19)33-23(22)16(2)27-30/h4-9,14,17H,10-13H2,1-3H3/t17-/m1/s1. The fraction of sp³-hybridized carbons (Fsp3) is 0.320. The number of aryl methyl sites for hydroxylation is 2. The summed E-state index contributed by atoms with van der Waals surface area (Å²) in [7, 11) is 0. The van der Waals surface area contributed by atoms with E-state index in [9.17, 15) is 9.59 Å². The van der Waals surface area contributed by atoms with Crippen LogP contribution >= 0.6 is 22.9 Å². The molecule has 6 nitrogen and oxygen atoms in total. The van der Waals surface area contributed by atoms with Crippen molar-refractivity contribution in [2.24, 2.45) is 0 Å². The van der Waals surface area contributed by atoms with Crippen molar-refractivity contribution in [2.45, 2.75) is 26.8 Å². The topological polar surface area (TPSA) is 58.4 Å². The molecule has 0 aliphatic carbocycles. The number of aromatic nitrogens is 2. The Balaban J connectivity index is 1.40. The zero-order valence-electron chi connectivity index (χ0n) is 18.8. The van der Waals surface area contributed by atoms with E-state index in [1.165, 1.54) is 4.68 Å². The summed E-state index contributed by atoms with van der Waals surface area (Å²) in [5.74, 6) is -0.0784. The minimum atomic E-state index is -0.668. The lowest BCUT2D eigenvalue weighted by Gasteiger charge is -2.37. The molecule has 0 N–H and O–H groups in total. The number of piperazine rings is 1. The number of amides is 1. The van der Waals surface area contributed by atoms with Gasteiger partial charge in [0.1, 0.15) is 6.04 Å². The first-order valence-electron chi connectivity index (χ1n) is 11.1. The summed E-state index contributed by atoms with van der Waals surface area (Å²) < 4.78 is 3.31. The van der Waals surface area contributed by atoms with Gasteiger partial charge in [-0.2, -0.15) is 5.10 Å². The number of rotatable bonds is 3. The van der Waals surface area contributed by atoms with Crippen molar-refractivity contribution in [3.05, 3.63) is 69.1 Å². The Morgan fingerprint density at radius 1 is 1.09 bits per heavy atom. The number of anilines is 1. The quantitative estimate of drug-likeness (QED) is 0.423.